The monoisotopic (exact) mass is 391 g/mol. The number of rotatable bonds is 9. The van der Waals surface area contributed by atoms with Gasteiger partial charge < -0.3 is 18.7 Å². The van der Waals surface area contributed by atoms with Gasteiger partial charge in [0.1, 0.15) is 6.29 Å². The van der Waals surface area contributed by atoms with Gasteiger partial charge in [-0.15, -0.1) is 0 Å². The highest BCUT2D eigenvalue weighted by atomic mass is 28.2. The first-order chi connectivity index (χ1) is 12.4. The summed E-state index contributed by atoms with van der Waals surface area (Å²) in [5.74, 6) is -1.03. The second-order valence-electron chi connectivity index (χ2n) is 6.72. The van der Waals surface area contributed by atoms with Crippen molar-refractivity contribution in [3.63, 3.8) is 0 Å². The second kappa shape index (κ2) is 9.56. The summed E-state index contributed by atoms with van der Waals surface area (Å²) in [5.41, 5.74) is 0.593. The largest absolute Gasteiger partial charge is 0.478 e. The lowest BCUT2D eigenvalue weighted by atomic mass is 9.70. The molecule has 1 fully saturated rings. The SMILES string of the molecule is C[Si]OC(O[Si]C)C(C)(C)C1COC(c2cccnc2)C1/C=C/C(=O)O. The number of pyridine rings is 1. The molecule has 0 spiro atoms. The highest BCUT2D eigenvalue weighted by Gasteiger charge is 2.48. The number of nitrogens with zero attached hydrogens (tertiary/aromatic N) is 1. The molecule has 0 aliphatic carbocycles. The standard InChI is InChI=1S/C18H25NO5Si2/c1-18(2,17(23-25-3)24-26-4)14-11-22-16(12-6-5-9-19-10-12)13(14)7-8-15(20)21/h5-10,13-14,16-17H,11H2,1-4H3,(H,20,21)/b8-7+. The third-order valence-corrected chi connectivity index (χ3v) is 5.66. The summed E-state index contributed by atoms with van der Waals surface area (Å²) in [7, 11) is 0.619. The fraction of sp³-hybridized carbons (Fsp3) is 0.556. The van der Waals surface area contributed by atoms with E-state index >= 15 is 0 Å². The van der Waals surface area contributed by atoms with E-state index in [2.05, 4.69) is 18.8 Å². The number of carboxylic acids is 1. The van der Waals surface area contributed by atoms with Gasteiger partial charge in [-0.2, -0.15) is 0 Å². The van der Waals surface area contributed by atoms with Crippen LogP contribution in [-0.4, -0.2) is 48.5 Å². The lowest BCUT2D eigenvalue weighted by Crippen LogP contribution is -2.44. The van der Waals surface area contributed by atoms with Gasteiger partial charge in [0.25, 0.3) is 0 Å². The Morgan fingerprint density at radius 3 is 2.65 bits per heavy atom. The van der Waals surface area contributed by atoms with Crippen LogP contribution in [0, 0.1) is 17.3 Å². The summed E-state index contributed by atoms with van der Waals surface area (Å²) < 4.78 is 17.9. The molecule has 0 aromatic carbocycles. The summed E-state index contributed by atoms with van der Waals surface area (Å²) in [6.07, 6.45) is 5.82. The molecule has 140 valence electrons. The van der Waals surface area contributed by atoms with Crippen molar-refractivity contribution in [3.8, 4) is 0 Å². The summed E-state index contributed by atoms with van der Waals surface area (Å²) in [6.45, 7) is 8.63. The molecule has 3 atom stereocenters. The van der Waals surface area contributed by atoms with E-state index in [1.54, 1.807) is 18.5 Å². The fourth-order valence-corrected chi connectivity index (χ4v) is 4.59. The molecular formula is C18H25NO5Si2. The number of aromatic nitrogens is 1. The van der Waals surface area contributed by atoms with E-state index in [0.717, 1.165) is 5.56 Å². The van der Waals surface area contributed by atoms with Crippen molar-refractivity contribution < 1.29 is 23.5 Å². The molecule has 8 heteroatoms. The van der Waals surface area contributed by atoms with Crippen LogP contribution in [0.5, 0.6) is 0 Å². The minimum Gasteiger partial charge on any atom is -0.478 e. The molecule has 0 saturated carbocycles. The van der Waals surface area contributed by atoms with Crippen LogP contribution in [0.3, 0.4) is 0 Å². The van der Waals surface area contributed by atoms with Gasteiger partial charge in [-0.1, -0.05) is 26.0 Å². The van der Waals surface area contributed by atoms with Gasteiger partial charge in [0, 0.05) is 35.7 Å². The van der Waals surface area contributed by atoms with Crippen molar-refractivity contribution in [2.75, 3.05) is 6.61 Å². The van der Waals surface area contributed by atoms with Gasteiger partial charge in [-0.05, 0) is 24.7 Å². The van der Waals surface area contributed by atoms with E-state index < -0.39 is 5.97 Å². The van der Waals surface area contributed by atoms with Gasteiger partial charge in [-0.3, -0.25) is 4.98 Å². The Morgan fingerprint density at radius 1 is 1.42 bits per heavy atom. The number of carboxylic acid groups (broad SMARTS) is 1. The normalized spacial score (nSPS) is 23.8. The van der Waals surface area contributed by atoms with Gasteiger partial charge in [0.2, 0.25) is 19.5 Å². The maximum atomic E-state index is 11.1. The zero-order chi connectivity index (χ0) is 19.2. The van der Waals surface area contributed by atoms with Crippen LogP contribution in [-0.2, 0) is 18.4 Å². The maximum Gasteiger partial charge on any atom is 0.327 e. The van der Waals surface area contributed by atoms with E-state index in [9.17, 15) is 4.79 Å². The van der Waals surface area contributed by atoms with Crippen LogP contribution >= 0.6 is 0 Å². The quantitative estimate of drug-likeness (QED) is 0.396. The fourth-order valence-electron chi connectivity index (χ4n) is 3.36. The molecule has 0 bridgehead atoms. The average Bonchev–Trinajstić information content (AvgIpc) is 3.05. The van der Waals surface area contributed by atoms with Crippen molar-refractivity contribution >= 4 is 25.5 Å². The summed E-state index contributed by atoms with van der Waals surface area (Å²) in [6, 6.07) is 3.82. The lowest BCUT2D eigenvalue weighted by Gasteiger charge is -2.40. The van der Waals surface area contributed by atoms with Crippen molar-refractivity contribution in [1.29, 1.82) is 0 Å². The van der Waals surface area contributed by atoms with Gasteiger partial charge in [0.05, 0.1) is 12.7 Å². The molecule has 6 nitrogen and oxygen atoms in total. The van der Waals surface area contributed by atoms with E-state index in [1.807, 2.05) is 25.2 Å². The number of carbonyl (C=O) groups is 1. The van der Waals surface area contributed by atoms with Crippen LogP contribution in [0.2, 0.25) is 13.1 Å². The van der Waals surface area contributed by atoms with Crippen LogP contribution in [0.15, 0.2) is 36.7 Å². The smallest absolute Gasteiger partial charge is 0.327 e. The van der Waals surface area contributed by atoms with Crippen LogP contribution in [0.1, 0.15) is 25.5 Å². The van der Waals surface area contributed by atoms with E-state index in [-0.39, 0.29) is 29.6 Å². The third-order valence-electron chi connectivity index (χ3n) is 4.76. The van der Waals surface area contributed by atoms with Gasteiger partial charge >= 0.3 is 5.97 Å². The molecule has 26 heavy (non-hydrogen) atoms. The first-order valence-electron chi connectivity index (χ1n) is 8.49. The Hall–Kier alpha value is -1.33. The Balaban J connectivity index is 2.34. The molecule has 1 N–H and O–H groups in total. The van der Waals surface area contributed by atoms with Crippen molar-refractivity contribution in [1.82, 2.24) is 4.98 Å². The highest BCUT2D eigenvalue weighted by molar-refractivity contribution is 6.26. The predicted molar refractivity (Wildman–Crippen MR) is 99.7 cm³/mol. The van der Waals surface area contributed by atoms with Crippen molar-refractivity contribution in [2.24, 2.45) is 17.3 Å². The van der Waals surface area contributed by atoms with E-state index in [1.165, 1.54) is 6.08 Å². The number of hydrogen-bond donors (Lipinski definition) is 1. The molecule has 3 unspecified atom stereocenters. The molecule has 2 rings (SSSR count). The van der Waals surface area contributed by atoms with E-state index in [0.29, 0.717) is 26.1 Å². The minimum atomic E-state index is -0.965. The Kier molecular flexibility index (Phi) is 7.72. The van der Waals surface area contributed by atoms with Crippen LogP contribution in [0.4, 0.5) is 0 Å². The zero-order valence-electron chi connectivity index (χ0n) is 15.5. The minimum absolute atomic E-state index is 0.0426. The molecule has 1 aromatic rings. The number of ether oxygens (including phenoxy) is 1. The van der Waals surface area contributed by atoms with Crippen LogP contribution in [0.25, 0.3) is 0 Å². The highest BCUT2D eigenvalue weighted by Crippen LogP contribution is 2.49. The third kappa shape index (κ3) is 4.89. The zero-order valence-corrected chi connectivity index (χ0v) is 17.5. The molecule has 1 aliphatic heterocycles. The van der Waals surface area contributed by atoms with E-state index in [4.69, 9.17) is 18.7 Å². The molecule has 1 saturated heterocycles. The molecule has 2 heterocycles. The maximum absolute atomic E-state index is 11.1. The average molecular weight is 392 g/mol. The Bertz CT molecular complexity index is 605. The Labute approximate surface area is 159 Å². The first kappa shape index (κ1) is 21.0. The first-order valence-corrected chi connectivity index (χ1v) is 11.3. The number of aliphatic carboxylic acids is 1. The summed E-state index contributed by atoms with van der Waals surface area (Å²) >= 11 is 0. The molecule has 0 amide bonds. The summed E-state index contributed by atoms with van der Waals surface area (Å²) in [4.78, 5) is 15.3. The lowest BCUT2D eigenvalue weighted by molar-refractivity contribution is -0.131. The Morgan fingerprint density at radius 2 is 2.12 bits per heavy atom. The summed E-state index contributed by atoms with van der Waals surface area (Å²) in [5, 5.41) is 9.11. The molecule has 4 radical (unpaired) electrons. The topological polar surface area (TPSA) is 77.9 Å². The van der Waals surface area contributed by atoms with Gasteiger partial charge in [0.15, 0.2) is 0 Å². The van der Waals surface area contributed by atoms with Gasteiger partial charge in [-0.25, -0.2) is 4.79 Å². The van der Waals surface area contributed by atoms with Crippen LogP contribution < -0.4 is 0 Å². The molecule has 1 aromatic heterocycles. The van der Waals surface area contributed by atoms with Crippen molar-refractivity contribution in [3.05, 3.63) is 42.2 Å². The molecular weight excluding hydrogens is 366 g/mol. The van der Waals surface area contributed by atoms with Crippen molar-refractivity contribution in [2.45, 2.75) is 39.3 Å². The number of hydrogen-bond acceptors (Lipinski definition) is 5. The second-order valence-corrected chi connectivity index (χ2v) is 8.01. The molecule has 1 aliphatic rings. The predicted octanol–water partition coefficient (Wildman–Crippen LogP) is 2.75.